The molecule has 2 aromatic rings. The van der Waals surface area contributed by atoms with Crippen molar-refractivity contribution >= 4 is 5.96 Å². The number of guanidine groups is 1. The van der Waals surface area contributed by atoms with Crippen LogP contribution in [0.25, 0.3) is 0 Å². The van der Waals surface area contributed by atoms with Gasteiger partial charge in [-0.15, -0.1) is 0 Å². The molecule has 0 saturated heterocycles. The Hall–Kier alpha value is -2.57. The van der Waals surface area contributed by atoms with Gasteiger partial charge in [0.05, 0.1) is 12.7 Å². The highest BCUT2D eigenvalue weighted by Crippen LogP contribution is 2.23. The summed E-state index contributed by atoms with van der Waals surface area (Å²) < 4.78 is 11.8. The number of nitrogens with zero attached hydrogens (tertiary/aromatic N) is 3. The number of nitrogens with one attached hydrogen (secondary N) is 2. The van der Waals surface area contributed by atoms with Crippen LogP contribution in [0.4, 0.5) is 0 Å². The first-order valence-corrected chi connectivity index (χ1v) is 10.5. The molecule has 0 unspecified atom stereocenters. The second-order valence-electron chi connectivity index (χ2n) is 8.53. The molecule has 1 aliphatic rings. The van der Waals surface area contributed by atoms with E-state index in [0.717, 1.165) is 24.2 Å². The average Bonchev–Trinajstić information content (AvgIpc) is 3.20. The zero-order valence-corrected chi connectivity index (χ0v) is 18.0. The molecule has 0 aliphatic heterocycles. The van der Waals surface area contributed by atoms with E-state index in [9.17, 15) is 0 Å². The van der Waals surface area contributed by atoms with Gasteiger partial charge in [0.15, 0.2) is 5.96 Å². The van der Waals surface area contributed by atoms with E-state index in [4.69, 9.17) is 9.15 Å². The number of aliphatic imine (C=N–C) groups is 1. The lowest BCUT2D eigenvalue weighted by Crippen LogP contribution is -2.36. The van der Waals surface area contributed by atoms with E-state index in [1.807, 2.05) is 18.3 Å². The van der Waals surface area contributed by atoms with Crippen molar-refractivity contribution in [3.8, 4) is 5.88 Å². The number of ether oxygens (including phenoxy) is 1. The number of hydrogen-bond acceptors (Lipinski definition) is 5. The number of oxazole rings is 1. The summed E-state index contributed by atoms with van der Waals surface area (Å²) in [6, 6.07) is 3.98. The summed E-state index contributed by atoms with van der Waals surface area (Å²) in [5, 5.41) is 6.51. The molecule has 2 aromatic heterocycles. The Morgan fingerprint density at radius 3 is 2.48 bits per heavy atom. The van der Waals surface area contributed by atoms with E-state index in [0.29, 0.717) is 36.9 Å². The molecule has 1 fully saturated rings. The van der Waals surface area contributed by atoms with Crippen molar-refractivity contribution in [3.63, 3.8) is 0 Å². The Balaban J connectivity index is 1.44. The average molecular weight is 400 g/mol. The Labute approximate surface area is 173 Å². The summed E-state index contributed by atoms with van der Waals surface area (Å²) in [6.45, 7) is 7.40. The lowest BCUT2D eigenvalue weighted by atomic mass is 9.94. The summed E-state index contributed by atoms with van der Waals surface area (Å²) in [7, 11) is 1.74. The second-order valence-corrected chi connectivity index (χ2v) is 8.53. The van der Waals surface area contributed by atoms with E-state index >= 15 is 0 Å². The molecule has 0 amide bonds. The smallest absolute Gasteiger partial charge is 0.213 e. The summed E-state index contributed by atoms with van der Waals surface area (Å²) in [6.07, 6.45) is 10.0. The van der Waals surface area contributed by atoms with Gasteiger partial charge >= 0.3 is 0 Å². The Bertz CT molecular complexity index is 786. The van der Waals surface area contributed by atoms with Gasteiger partial charge in [-0.1, -0.05) is 33.3 Å². The minimum absolute atomic E-state index is 0.0506. The van der Waals surface area contributed by atoms with Crippen LogP contribution in [-0.2, 0) is 18.5 Å². The van der Waals surface area contributed by atoms with Crippen LogP contribution in [0.2, 0.25) is 0 Å². The molecule has 7 heteroatoms. The standard InChI is InChI=1S/C22H33N5O2/c1-22(2,3)18-14-25-20(29-18)15-27-21(23-4)26-13-16-10-11-19(24-12-16)28-17-8-6-5-7-9-17/h10-12,14,17H,5-9,13,15H2,1-4H3,(H2,23,26,27). The molecule has 0 spiro atoms. The monoisotopic (exact) mass is 399 g/mol. The van der Waals surface area contributed by atoms with Crippen molar-refractivity contribution in [2.75, 3.05) is 7.05 Å². The van der Waals surface area contributed by atoms with E-state index in [2.05, 4.69) is 46.4 Å². The third-order valence-corrected chi connectivity index (χ3v) is 5.02. The van der Waals surface area contributed by atoms with Gasteiger partial charge in [-0.2, -0.15) is 0 Å². The van der Waals surface area contributed by atoms with Crippen LogP contribution in [0.15, 0.2) is 33.9 Å². The summed E-state index contributed by atoms with van der Waals surface area (Å²) in [4.78, 5) is 13.0. The number of aromatic nitrogens is 2. The van der Waals surface area contributed by atoms with E-state index in [1.54, 1.807) is 13.2 Å². The van der Waals surface area contributed by atoms with E-state index in [-0.39, 0.29) is 5.41 Å². The molecular weight excluding hydrogens is 366 g/mol. The van der Waals surface area contributed by atoms with E-state index in [1.165, 1.54) is 19.3 Å². The summed E-state index contributed by atoms with van der Waals surface area (Å²) >= 11 is 0. The van der Waals surface area contributed by atoms with Gasteiger partial charge in [-0.3, -0.25) is 4.99 Å². The lowest BCUT2D eigenvalue weighted by molar-refractivity contribution is 0.148. The Kier molecular flexibility index (Phi) is 7.12. The van der Waals surface area contributed by atoms with Gasteiger partial charge in [0.1, 0.15) is 11.9 Å². The number of rotatable bonds is 6. The summed E-state index contributed by atoms with van der Waals surface area (Å²) in [5.74, 6) is 2.91. The molecule has 29 heavy (non-hydrogen) atoms. The van der Waals surface area contributed by atoms with Crippen molar-refractivity contribution in [2.24, 2.45) is 4.99 Å². The summed E-state index contributed by atoms with van der Waals surface area (Å²) in [5.41, 5.74) is 1.01. The maximum Gasteiger partial charge on any atom is 0.213 e. The molecular formula is C22H33N5O2. The van der Waals surface area contributed by atoms with Crippen molar-refractivity contribution in [1.82, 2.24) is 20.6 Å². The molecule has 0 radical (unpaired) electrons. The Morgan fingerprint density at radius 2 is 1.86 bits per heavy atom. The maximum atomic E-state index is 5.99. The van der Waals surface area contributed by atoms with Crippen molar-refractivity contribution in [2.45, 2.75) is 77.5 Å². The minimum Gasteiger partial charge on any atom is -0.474 e. The van der Waals surface area contributed by atoms with Crippen LogP contribution in [-0.4, -0.2) is 29.1 Å². The molecule has 7 nitrogen and oxygen atoms in total. The molecule has 1 aliphatic carbocycles. The first-order chi connectivity index (χ1) is 13.9. The second kappa shape index (κ2) is 9.76. The van der Waals surface area contributed by atoms with Gasteiger partial charge < -0.3 is 19.8 Å². The SMILES string of the molecule is CN=C(NCc1ccc(OC2CCCCC2)nc1)NCc1ncc(C(C)(C)C)o1. The van der Waals surface area contributed by atoms with Crippen molar-refractivity contribution in [3.05, 3.63) is 41.7 Å². The zero-order valence-electron chi connectivity index (χ0n) is 18.0. The van der Waals surface area contributed by atoms with Gasteiger partial charge in [-0.25, -0.2) is 9.97 Å². The predicted molar refractivity (Wildman–Crippen MR) is 114 cm³/mol. The molecule has 158 valence electrons. The van der Waals surface area contributed by atoms with E-state index < -0.39 is 0 Å². The predicted octanol–water partition coefficient (Wildman–Crippen LogP) is 3.94. The van der Waals surface area contributed by atoms with Crippen LogP contribution in [0.1, 0.15) is 70.1 Å². The lowest BCUT2D eigenvalue weighted by Gasteiger charge is -2.22. The van der Waals surface area contributed by atoms with Crippen LogP contribution in [0, 0.1) is 0 Å². The normalized spacial score (nSPS) is 15.9. The molecule has 0 aromatic carbocycles. The zero-order chi connectivity index (χ0) is 20.7. The fraction of sp³-hybridized carbons (Fsp3) is 0.591. The Morgan fingerprint density at radius 1 is 1.10 bits per heavy atom. The van der Waals surface area contributed by atoms with Gasteiger partial charge in [0, 0.05) is 31.3 Å². The topological polar surface area (TPSA) is 84.6 Å². The van der Waals surface area contributed by atoms with Crippen LogP contribution >= 0.6 is 0 Å². The molecule has 2 N–H and O–H groups in total. The fourth-order valence-corrected chi connectivity index (χ4v) is 3.24. The largest absolute Gasteiger partial charge is 0.474 e. The van der Waals surface area contributed by atoms with Crippen LogP contribution in [0.3, 0.4) is 0 Å². The molecule has 0 atom stereocenters. The quantitative estimate of drug-likeness (QED) is 0.565. The van der Waals surface area contributed by atoms with Crippen molar-refractivity contribution in [1.29, 1.82) is 0 Å². The van der Waals surface area contributed by atoms with Crippen LogP contribution < -0.4 is 15.4 Å². The van der Waals surface area contributed by atoms with Crippen LogP contribution in [0.5, 0.6) is 5.88 Å². The number of pyridine rings is 1. The minimum atomic E-state index is -0.0506. The number of hydrogen-bond donors (Lipinski definition) is 2. The first-order valence-electron chi connectivity index (χ1n) is 10.5. The molecule has 1 saturated carbocycles. The molecule has 3 rings (SSSR count). The highest BCUT2D eigenvalue weighted by molar-refractivity contribution is 5.79. The third-order valence-electron chi connectivity index (χ3n) is 5.02. The third kappa shape index (κ3) is 6.48. The molecule has 2 heterocycles. The van der Waals surface area contributed by atoms with Crippen molar-refractivity contribution < 1.29 is 9.15 Å². The van der Waals surface area contributed by atoms with Gasteiger partial charge in [0.2, 0.25) is 11.8 Å². The van der Waals surface area contributed by atoms with Gasteiger partial charge in [0.25, 0.3) is 0 Å². The maximum absolute atomic E-state index is 5.99. The fourth-order valence-electron chi connectivity index (χ4n) is 3.24. The van der Waals surface area contributed by atoms with Gasteiger partial charge in [-0.05, 0) is 31.2 Å². The highest BCUT2D eigenvalue weighted by atomic mass is 16.5. The first kappa shape index (κ1) is 21.1. The highest BCUT2D eigenvalue weighted by Gasteiger charge is 2.19. The molecule has 0 bridgehead atoms.